The summed E-state index contributed by atoms with van der Waals surface area (Å²) in [6.45, 7) is 0.163. The number of rotatable bonds is 1. The first-order valence-electron chi connectivity index (χ1n) is 7.00. The zero-order valence-electron chi connectivity index (χ0n) is 11.7. The number of terminal acetylenes is 1. The van der Waals surface area contributed by atoms with Gasteiger partial charge in [0.25, 0.3) is 11.8 Å². The van der Waals surface area contributed by atoms with Crippen LogP contribution in [0.5, 0.6) is 0 Å². The Kier molecular flexibility index (Phi) is 2.57. The van der Waals surface area contributed by atoms with Crippen LogP contribution >= 0.6 is 0 Å². The monoisotopic (exact) mass is 288 g/mol. The van der Waals surface area contributed by atoms with E-state index in [1.165, 1.54) is 0 Å². The minimum absolute atomic E-state index is 0.0948. The highest BCUT2D eigenvalue weighted by atomic mass is 16.2. The second-order valence-corrected chi connectivity index (χ2v) is 5.29. The van der Waals surface area contributed by atoms with Gasteiger partial charge in [0.2, 0.25) is 0 Å². The van der Waals surface area contributed by atoms with Crippen molar-refractivity contribution >= 4 is 17.5 Å². The maximum absolute atomic E-state index is 12.8. The second-order valence-electron chi connectivity index (χ2n) is 5.29. The van der Waals surface area contributed by atoms with Crippen LogP contribution in [-0.4, -0.2) is 23.3 Å². The van der Waals surface area contributed by atoms with Crippen molar-refractivity contribution in [2.45, 2.75) is 6.17 Å². The van der Waals surface area contributed by atoms with Crippen LogP contribution in [0.4, 0.5) is 5.69 Å². The largest absolute Gasteiger partial charge is 0.302 e. The van der Waals surface area contributed by atoms with Crippen molar-refractivity contribution in [2.24, 2.45) is 0 Å². The topological polar surface area (TPSA) is 40.6 Å². The Bertz CT molecular complexity index is 850. The van der Waals surface area contributed by atoms with E-state index in [-0.39, 0.29) is 18.4 Å². The van der Waals surface area contributed by atoms with Gasteiger partial charge in [0, 0.05) is 11.1 Å². The highest BCUT2D eigenvalue weighted by molar-refractivity contribution is 6.16. The van der Waals surface area contributed by atoms with Crippen LogP contribution in [0, 0.1) is 12.3 Å². The van der Waals surface area contributed by atoms with Gasteiger partial charge in [0.05, 0.1) is 17.8 Å². The molecule has 0 saturated carbocycles. The Labute approximate surface area is 128 Å². The van der Waals surface area contributed by atoms with Crippen LogP contribution < -0.4 is 4.90 Å². The lowest BCUT2D eigenvalue weighted by molar-refractivity contribution is 0.0677. The molecule has 4 rings (SSSR count). The SMILES string of the molecule is C#CCN1C(=O)c2ccccc2N2C(=O)c3ccccc3C12. The summed E-state index contributed by atoms with van der Waals surface area (Å²) in [6.07, 6.45) is 4.98. The fraction of sp³-hybridized carbons (Fsp3) is 0.111. The molecule has 0 spiro atoms. The average Bonchev–Trinajstić information content (AvgIpc) is 2.85. The lowest BCUT2D eigenvalue weighted by Crippen LogP contribution is -2.48. The molecule has 106 valence electrons. The number of carbonyl (C=O) groups excluding carboxylic acids is 2. The number of carbonyl (C=O) groups is 2. The van der Waals surface area contributed by atoms with E-state index in [9.17, 15) is 9.59 Å². The van der Waals surface area contributed by atoms with Gasteiger partial charge in [0.15, 0.2) is 0 Å². The van der Waals surface area contributed by atoms with Crippen molar-refractivity contribution in [2.75, 3.05) is 11.4 Å². The fourth-order valence-electron chi connectivity index (χ4n) is 3.23. The summed E-state index contributed by atoms with van der Waals surface area (Å²) in [5.41, 5.74) is 2.60. The highest BCUT2D eigenvalue weighted by Crippen LogP contribution is 2.44. The summed E-state index contributed by atoms with van der Waals surface area (Å²) in [6, 6.07) is 14.5. The van der Waals surface area contributed by atoms with E-state index in [0.29, 0.717) is 16.8 Å². The fourth-order valence-corrected chi connectivity index (χ4v) is 3.23. The van der Waals surface area contributed by atoms with Crippen LogP contribution in [0.25, 0.3) is 0 Å². The number of amides is 2. The smallest absolute Gasteiger partial charge is 0.260 e. The molecule has 1 atom stereocenters. The van der Waals surface area contributed by atoms with Crippen LogP contribution in [-0.2, 0) is 0 Å². The number of hydrogen-bond donors (Lipinski definition) is 0. The van der Waals surface area contributed by atoms with Gasteiger partial charge in [-0.1, -0.05) is 36.3 Å². The van der Waals surface area contributed by atoms with Gasteiger partial charge in [-0.05, 0) is 18.2 Å². The predicted octanol–water partition coefficient (Wildman–Crippen LogP) is 2.43. The molecule has 2 aliphatic heterocycles. The molecule has 0 saturated heterocycles. The molecule has 0 N–H and O–H groups in total. The van der Waals surface area contributed by atoms with E-state index < -0.39 is 6.17 Å². The molecule has 4 nitrogen and oxygen atoms in total. The first kappa shape index (κ1) is 12.7. The van der Waals surface area contributed by atoms with E-state index in [0.717, 1.165) is 5.56 Å². The minimum atomic E-state index is -0.456. The molecule has 0 aromatic heterocycles. The predicted molar refractivity (Wildman–Crippen MR) is 82.3 cm³/mol. The molecule has 2 heterocycles. The summed E-state index contributed by atoms with van der Waals surface area (Å²) in [5, 5.41) is 0. The Hall–Kier alpha value is -3.06. The Balaban J connectivity index is 1.99. The first-order valence-corrected chi connectivity index (χ1v) is 7.00. The van der Waals surface area contributed by atoms with Crippen molar-refractivity contribution in [3.05, 3.63) is 65.2 Å². The zero-order valence-corrected chi connectivity index (χ0v) is 11.7. The van der Waals surface area contributed by atoms with Crippen LogP contribution in [0.15, 0.2) is 48.5 Å². The molecule has 2 aromatic rings. The van der Waals surface area contributed by atoms with Crippen molar-refractivity contribution in [1.29, 1.82) is 0 Å². The van der Waals surface area contributed by atoms with E-state index in [2.05, 4.69) is 5.92 Å². The van der Waals surface area contributed by atoms with Crippen LogP contribution in [0.3, 0.4) is 0 Å². The van der Waals surface area contributed by atoms with Gasteiger partial charge in [-0.3, -0.25) is 14.5 Å². The molecule has 2 amide bonds. The van der Waals surface area contributed by atoms with Crippen molar-refractivity contribution in [1.82, 2.24) is 4.90 Å². The number of anilines is 1. The van der Waals surface area contributed by atoms with Crippen LogP contribution in [0.2, 0.25) is 0 Å². The van der Waals surface area contributed by atoms with Crippen molar-refractivity contribution in [3.63, 3.8) is 0 Å². The summed E-state index contributed by atoms with van der Waals surface area (Å²) in [5.74, 6) is 2.29. The third-order valence-electron chi connectivity index (χ3n) is 4.14. The molecule has 0 aliphatic carbocycles. The summed E-state index contributed by atoms with van der Waals surface area (Å²) in [4.78, 5) is 28.8. The molecular weight excluding hydrogens is 276 g/mol. The van der Waals surface area contributed by atoms with Gasteiger partial charge >= 0.3 is 0 Å². The third-order valence-corrected chi connectivity index (χ3v) is 4.14. The maximum atomic E-state index is 12.8. The molecule has 0 fully saturated rings. The molecule has 0 bridgehead atoms. The van der Waals surface area contributed by atoms with Gasteiger partial charge in [-0.25, -0.2) is 0 Å². The molecule has 22 heavy (non-hydrogen) atoms. The molecule has 0 radical (unpaired) electrons. The summed E-state index contributed by atoms with van der Waals surface area (Å²) in [7, 11) is 0. The second kappa shape index (κ2) is 4.47. The van der Waals surface area contributed by atoms with Gasteiger partial charge in [0.1, 0.15) is 6.17 Å². The number of hydrogen-bond acceptors (Lipinski definition) is 2. The molecule has 2 aromatic carbocycles. The third kappa shape index (κ3) is 1.48. The number of benzene rings is 2. The van der Waals surface area contributed by atoms with E-state index >= 15 is 0 Å². The molecule has 1 unspecified atom stereocenters. The number of fused-ring (bicyclic) bond motifs is 5. The Morgan fingerprint density at radius 2 is 1.64 bits per heavy atom. The lowest BCUT2D eigenvalue weighted by Gasteiger charge is -2.40. The molecular formula is C18H12N2O2. The minimum Gasteiger partial charge on any atom is -0.302 e. The van der Waals surface area contributed by atoms with Crippen molar-refractivity contribution < 1.29 is 9.59 Å². The van der Waals surface area contributed by atoms with E-state index in [1.54, 1.807) is 34.1 Å². The number of para-hydroxylation sites is 1. The highest BCUT2D eigenvalue weighted by Gasteiger charge is 2.47. The normalized spacial score (nSPS) is 18.6. The molecule has 4 heteroatoms. The average molecular weight is 288 g/mol. The van der Waals surface area contributed by atoms with Crippen LogP contribution in [0.1, 0.15) is 32.4 Å². The Morgan fingerprint density at radius 1 is 0.955 bits per heavy atom. The molecule has 2 aliphatic rings. The van der Waals surface area contributed by atoms with Gasteiger partial charge < -0.3 is 4.90 Å². The summed E-state index contributed by atoms with van der Waals surface area (Å²) < 4.78 is 0. The summed E-state index contributed by atoms with van der Waals surface area (Å²) >= 11 is 0. The zero-order chi connectivity index (χ0) is 15.3. The van der Waals surface area contributed by atoms with Gasteiger partial charge in [-0.15, -0.1) is 6.42 Å². The maximum Gasteiger partial charge on any atom is 0.260 e. The standard InChI is InChI=1S/C18H12N2O2/c1-2-11-19-16-12-7-3-4-8-13(12)18(22)20(16)15-10-6-5-9-14(15)17(19)21/h1,3-10,16H,11H2. The quantitative estimate of drug-likeness (QED) is 0.756. The lowest BCUT2D eigenvalue weighted by atomic mass is 10.0. The van der Waals surface area contributed by atoms with E-state index in [1.807, 2.05) is 24.3 Å². The van der Waals surface area contributed by atoms with E-state index in [4.69, 9.17) is 6.42 Å². The first-order chi connectivity index (χ1) is 10.7. The Morgan fingerprint density at radius 3 is 2.41 bits per heavy atom. The van der Waals surface area contributed by atoms with Gasteiger partial charge in [-0.2, -0.15) is 0 Å². The van der Waals surface area contributed by atoms with Crippen molar-refractivity contribution in [3.8, 4) is 12.3 Å². The number of nitrogens with zero attached hydrogens (tertiary/aromatic N) is 2.